The van der Waals surface area contributed by atoms with Crippen molar-refractivity contribution in [3.63, 3.8) is 0 Å². The first-order valence-electron chi connectivity index (χ1n) is 6.48. The highest BCUT2D eigenvalue weighted by Crippen LogP contribution is 2.32. The minimum absolute atomic E-state index is 0.639. The molecule has 2 N–H and O–H groups in total. The number of hydrogen-bond donors (Lipinski definition) is 1. The molecule has 1 rings (SSSR count). The summed E-state index contributed by atoms with van der Waals surface area (Å²) in [4.78, 5) is 2.55. The molecule has 0 amide bonds. The van der Waals surface area contributed by atoms with Crippen LogP contribution >= 0.6 is 0 Å². The fourth-order valence-corrected chi connectivity index (χ4v) is 2.69. The summed E-state index contributed by atoms with van der Waals surface area (Å²) in [5.74, 6) is 1.80. The van der Waals surface area contributed by atoms with Crippen molar-refractivity contribution in [2.75, 3.05) is 13.6 Å². The van der Waals surface area contributed by atoms with Gasteiger partial charge in [0.25, 0.3) is 0 Å². The summed E-state index contributed by atoms with van der Waals surface area (Å²) in [5.41, 5.74) is 5.62. The molecular formula is C13H28N2. The maximum Gasteiger partial charge on any atom is 0.00977 e. The molecule has 0 radical (unpaired) electrons. The van der Waals surface area contributed by atoms with Crippen molar-refractivity contribution in [1.29, 1.82) is 0 Å². The Hall–Kier alpha value is -0.0800. The molecule has 0 saturated heterocycles. The summed E-state index contributed by atoms with van der Waals surface area (Å²) in [5, 5.41) is 0. The van der Waals surface area contributed by atoms with Gasteiger partial charge in [-0.25, -0.2) is 0 Å². The Kier molecular flexibility index (Phi) is 5.07. The van der Waals surface area contributed by atoms with Crippen molar-refractivity contribution in [2.45, 2.75) is 58.5 Å². The summed E-state index contributed by atoms with van der Waals surface area (Å²) in [7, 11) is 2.27. The van der Waals surface area contributed by atoms with E-state index in [0.717, 1.165) is 30.8 Å². The lowest BCUT2D eigenvalue weighted by molar-refractivity contribution is 0.0992. The molecule has 0 aromatic heterocycles. The Labute approximate surface area is 95.2 Å². The number of nitrogens with zero attached hydrogens (tertiary/aromatic N) is 1. The van der Waals surface area contributed by atoms with E-state index >= 15 is 0 Å². The highest BCUT2D eigenvalue weighted by atomic mass is 15.2. The van der Waals surface area contributed by atoms with E-state index < -0.39 is 0 Å². The second kappa shape index (κ2) is 5.86. The predicted octanol–water partition coefficient (Wildman–Crippen LogP) is 2.48. The first-order chi connectivity index (χ1) is 7.06. The molecule has 1 fully saturated rings. The fraction of sp³-hybridized carbons (Fsp3) is 1.00. The minimum Gasteiger partial charge on any atom is -0.330 e. The zero-order valence-electron chi connectivity index (χ0n) is 10.9. The van der Waals surface area contributed by atoms with Gasteiger partial charge in [-0.2, -0.15) is 0 Å². The van der Waals surface area contributed by atoms with Gasteiger partial charge in [-0.3, -0.25) is 0 Å². The number of nitrogens with two attached hydrogens (primary N) is 1. The highest BCUT2D eigenvalue weighted by Gasteiger charge is 2.28. The van der Waals surface area contributed by atoms with Crippen molar-refractivity contribution in [2.24, 2.45) is 17.6 Å². The van der Waals surface area contributed by atoms with Crippen LogP contribution in [0.5, 0.6) is 0 Å². The van der Waals surface area contributed by atoms with E-state index in [9.17, 15) is 0 Å². The zero-order chi connectivity index (χ0) is 11.4. The second-order valence-corrected chi connectivity index (χ2v) is 5.51. The van der Waals surface area contributed by atoms with Crippen LogP contribution in [-0.4, -0.2) is 30.6 Å². The van der Waals surface area contributed by atoms with Gasteiger partial charge in [0.1, 0.15) is 0 Å². The Morgan fingerprint density at radius 1 is 1.27 bits per heavy atom. The summed E-state index contributed by atoms with van der Waals surface area (Å²) in [6.45, 7) is 7.90. The van der Waals surface area contributed by atoms with Crippen molar-refractivity contribution >= 4 is 0 Å². The van der Waals surface area contributed by atoms with Gasteiger partial charge < -0.3 is 10.6 Å². The lowest BCUT2D eigenvalue weighted by Gasteiger charge is -2.40. The lowest BCUT2D eigenvalue weighted by atomic mass is 9.78. The van der Waals surface area contributed by atoms with Crippen LogP contribution in [0.2, 0.25) is 0 Å². The van der Waals surface area contributed by atoms with E-state index in [4.69, 9.17) is 5.73 Å². The molecule has 0 spiro atoms. The van der Waals surface area contributed by atoms with Crippen LogP contribution in [-0.2, 0) is 0 Å². The summed E-state index contributed by atoms with van der Waals surface area (Å²) in [6, 6.07) is 1.43. The third kappa shape index (κ3) is 3.46. The van der Waals surface area contributed by atoms with Crippen LogP contribution < -0.4 is 5.73 Å². The quantitative estimate of drug-likeness (QED) is 0.776. The van der Waals surface area contributed by atoms with Crippen molar-refractivity contribution < 1.29 is 0 Å². The van der Waals surface area contributed by atoms with Gasteiger partial charge in [0.15, 0.2) is 0 Å². The molecule has 4 unspecified atom stereocenters. The van der Waals surface area contributed by atoms with E-state index in [0.29, 0.717) is 6.04 Å². The van der Waals surface area contributed by atoms with Gasteiger partial charge in [-0.05, 0) is 58.0 Å². The third-order valence-electron chi connectivity index (χ3n) is 4.43. The lowest BCUT2D eigenvalue weighted by Crippen LogP contribution is -2.43. The van der Waals surface area contributed by atoms with Gasteiger partial charge in [0.2, 0.25) is 0 Å². The third-order valence-corrected chi connectivity index (χ3v) is 4.43. The fourth-order valence-electron chi connectivity index (χ4n) is 2.69. The summed E-state index contributed by atoms with van der Waals surface area (Å²) in [6.07, 6.45) is 5.26. The summed E-state index contributed by atoms with van der Waals surface area (Å²) < 4.78 is 0. The molecule has 15 heavy (non-hydrogen) atoms. The first kappa shape index (κ1) is 13.0. The maximum absolute atomic E-state index is 5.62. The monoisotopic (exact) mass is 212 g/mol. The molecule has 1 aliphatic carbocycles. The molecule has 2 nitrogen and oxygen atoms in total. The second-order valence-electron chi connectivity index (χ2n) is 5.51. The van der Waals surface area contributed by atoms with Gasteiger partial charge in [0, 0.05) is 12.1 Å². The normalized spacial score (nSPS) is 34.4. The van der Waals surface area contributed by atoms with Crippen molar-refractivity contribution in [3.8, 4) is 0 Å². The molecule has 0 aromatic carbocycles. The zero-order valence-corrected chi connectivity index (χ0v) is 10.9. The first-order valence-corrected chi connectivity index (χ1v) is 6.48. The smallest absolute Gasteiger partial charge is 0.00977 e. The average Bonchev–Trinajstić information content (AvgIpc) is 2.21. The number of hydrogen-bond acceptors (Lipinski definition) is 2. The molecule has 0 aromatic rings. The topological polar surface area (TPSA) is 29.3 Å². The van der Waals surface area contributed by atoms with Crippen LogP contribution in [0.1, 0.15) is 46.5 Å². The average molecular weight is 212 g/mol. The Morgan fingerprint density at radius 2 is 1.93 bits per heavy atom. The molecule has 4 atom stereocenters. The maximum atomic E-state index is 5.62. The van der Waals surface area contributed by atoms with Crippen LogP contribution in [0.4, 0.5) is 0 Å². The predicted molar refractivity (Wildman–Crippen MR) is 66.9 cm³/mol. The van der Waals surface area contributed by atoms with Gasteiger partial charge in [-0.15, -0.1) is 0 Å². The van der Waals surface area contributed by atoms with E-state index in [1.54, 1.807) is 0 Å². The molecule has 2 heteroatoms. The molecule has 0 aliphatic heterocycles. The summed E-state index contributed by atoms with van der Waals surface area (Å²) >= 11 is 0. The van der Waals surface area contributed by atoms with E-state index in [-0.39, 0.29) is 0 Å². The Balaban J connectivity index is 2.43. The molecule has 1 aliphatic rings. The molecule has 1 saturated carbocycles. The van der Waals surface area contributed by atoms with E-state index in [1.165, 1.54) is 19.3 Å². The molecule has 0 heterocycles. The van der Waals surface area contributed by atoms with Crippen LogP contribution in [0.25, 0.3) is 0 Å². The van der Waals surface area contributed by atoms with Crippen molar-refractivity contribution in [3.05, 3.63) is 0 Å². The van der Waals surface area contributed by atoms with Gasteiger partial charge >= 0.3 is 0 Å². The van der Waals surface area contributed by atoms with Gasteiger partial charge in [0.05, 0.1) is 0 Å². The largest absolute Gasteiger partial charge is 0.330 e. The minimum atomic E-state index is 0.639. The number of rotatable bonds is 4. The Bertz CT molecular complexity index is 181. The Morgan fingerprint density at radius 3 is 2.47 bits per heavy atom. The van der Waals surface area contributed by atoms with Crippen molar-refractivity contribution in [1.82, 2.24) is 4.90 Å². The molecule has 90 valence electrons. The van der Waals surface area contributed by atoms with Crippen LogP contribution in [0.3, 0.4) is 0 Å². The van der Waals surface area contributed by atoms with Gasteiger partial charge in [-0.1, -0.05) is 13.8 Å². The molecular weight excluding hydrogens is 184 g/mol. The van der Waals surface area contributed by atoms with Crippen LogP contribution in [0, 0.1) is 11.8 Å². The highest BCUT2D eigenvalue weighted by molar-refractivity contribution is 4.82. The SMILES string of the molecule is CC1CCC(N(C)C(C)CCN)CC1C. The van der Waals surface area contributed by atoms with Crippen LogP contribution in [0.15, 0.2) is 0 Å². The van der Waals surface area contributed by atoms with E-state index in [1.807, 2.05) is 0 Å². The molecule has 0 bridgehead atoms. The van der Waals surface area contributed by atoms with E-state index in [2.05, 4.69) is 32.7 Å². The standard InChI is InChI=1S/C13H28N2/c1-10-5-6-13(9-11(10)2)15(4)12(3)7-8-14/h10-13H,5-9,14H2,1-4H3.